The van der Waals surface area contributed by atoms with E-state index in [1.54, 1.807) is 0 Å². The lowest BCUT2D eigenvalue weighted by Gasteiger charge is -2.31. The minimum Gasteiger partial charge on any atom is -0.326 e. The van der Waals surface area contributed by atoms with Crippen LogP contribution >= 0.6 is 0 Å². The number of carbonyl (C=O) groups is 2. The Morgan fingerprint density at radius 1 is 0.700 bits per heavy atom. The summed E-state index contributed by atoms with van der Waals surface area (Å²) < 4.78 is 0. The molecule has 156 valence electrons. The second-order valence-electron chi connectivity index (χ2n) is 7.00. The summed E-state index contributed by atoms with van der Waals surface area (Å²) in [5, 5.41) is 18.6. The summed E-state index contributed by atoms with van der Waals surface area (Å²) in [5.41, 5.74) is 3.51. The fraction of sp³-hybridized carbons (Fsp3) is 0.273. The molecule has 0 aliphatic carbocycles. The van der Waals surface area contributed by atoms with Gasteiger partial charge in [-0.05, 0) is 35.4 Å². The lowest BCUT2D eigenvalue weighted by Crippen LogP contribution is -2.41. The van der Waals surface area contributed by atoms with Crippen molar-refractivity contribution in [2.45, 2.75) is 13.8 Å². The second-order valence-corrected chi connectivity index (χ2v) is 7.00. The zero-order valence-electron chi connectivity index (χ0n) is 17.2. The topological polar surface area (TPSA) is 89.4 Å². The average molecular weight is 406 g/mol. The molecular weight excluding hydrogens is 380 g/mol. The molecule has 0 bridgehead atoms. The van der Waals surface area contributed by atoms with Gasteiger partial charge in [0.1, 0.15) is 0 Å². The molecule has 0 radical (unpaired) electrons. The summed E-state index contributed by atoms with van der Waals surface area (Å²) >= 11 is 0. The number of hydrogen-bond donors (Lipinski definition) is 2. The maximum atomic E-state index is 11.1. The van der Waals surface area contributed by atoms with Gasteiger partial charge in [0.25, 0.3) is 0 Å². The van der Waals surface area contributed by atoms with Crippen molar-refractivity contribution in [1.82, 2.24) is 10.0 Å². The Hall–Kier alpha value is -3.68. The highest BCUT2D eigenvalue weighted by atomic mass is 16.2. The van der Waals surface area contributed by atoms with E-state index in [2.05, 4.69) is 20.8 Å². The lowest BCUT2D eigenvalue weighted by atomic mass is 10.2. The molecule has 3 rings (SSSR count). The summed E-state index contributed by atoms with van der Waals surface area (Å²) in [5.74, 6) is -0.169. The van der Waals surface area contributed by atoms with E-state index >= 15 is 0 Å². The van der Waals surface area contributed by atoms with Crippen molar-refractivity contribution in [1.29, 1.82) is 0 Å². The van der Waals surface area contributed by atoms with E-state index in [0.29, 0.717) is 0 Å². The van der Waals surface area contributed by atoms with E-state index in [0.717, 1.165) is 48.7 Å². The SMILES string of the molecule is CC(=O)Nc1ccc(C=NN2CCN(N=Cc3ccc(NC(C)=O)cc3)CC2)cc1. The second kappa shape index (κ2) is 10.2. The summed E-state index contributed by atoms with van der Waals surface area (Å²) in [4.78, 5) is 22.1. The third-order valence-corrected chi connectivity index (χ3v) is 4.43. The van der Waals surface area contributed by atoms with Gasteiger partial charge in [0.2, 0.25) is 11.8 Å². The smallest absolute Gasteiger partial charge is 0.221 e. The molecule has 0 spiro atoms. The van der Waals surface area contributed by atoms with E-state index in [9.17, 15) is 9.59 Å². The number of hydrogen-bond acceptors (Lipinski definition) is 6. The fourth-order valence-corrected chi connectivity index (χ4v) is 2.92. The molecule has 1 aliphatic rings. The van der Waals surface area contributed by atoms with Crippen LogP contribution in [0.15, 0.2) is 58.7 Å². The maximum absolute atomic E-state index is 11.1. The summed E-state index contributed by atoms with van der Waals surface area (Å²) in [6.45, 7) is 6.14. The summed E-state index contributed by atoms with van der Waals surface area (Å²) in [6.07, 6.45) is 3.65. The van der Waals surface area contributed by atoms with Crippen LogP contribution < -0.4 is 10.6 Å². The average Bonchev–Trinajstić information content (AvgIpc) is 2.73. The number of anilines is 2. The first-order chi connectivity index (χ1) is 14.5. The summed E-state index contributed by atoms with van der Waals surface area (Å²) in [7, 11) is 0. The van der Waals surface area contributed by atoms with Gasteiger partial charge in [-0.15, -0.1) is 0 Å². The molecule has 1 saturated heterocycles. The summed E-state index contributed by atoms with van der Waals surface area (Å²) in [6, 6.07) is 15.1. The van der Waals surface area contributed by atoms with Gasteiger partial charge in [0, 0.05) is 25.2 Å². The van der Waals surface area contributed by atoms with E-state index < -0.39 is 0 Å². The van der Waals surface area contributed by atoms with Gasteiger partial charge in [0.05, 0.1) is 38.6 Å². The van der Waals surface area contributed by atoms with E-state index in [1.165, 1.54) is 13.8 Å². The number of benzene rings is 2. The molecule has 30 heavy (non-hydrogen) atoms. The third kappa shape index (κ3) is 6.73. The number of nitrogens with zero attached hydrogens (tertiary/aromatic N) is 4. The third-order valence-electron chi connectivity index (χ3n) is 4.43. The van der Waals surface area contributed by atoms with Gasteiger partial charge in [-0.1, -0.05) is 24.3 Å². The predicted molar refractivity (Wildman–Crippen MR) is 120 cm³/mol. The van der Waals surface area contributed by atoms with Crippen molar-refractivity contribution in [3.8, 4) is 0 Å². The Bertz CT molecular complexity index is 836. The number of carbonyl (C=O) groups excluding carboxylic acids is 2. The molecule has 0 unspecified atom stereocenters. The van der Waals surface area contributed by atoms with Gasteiger partial charge in [0.15, 0.2) is 0 Å². The Labute approximate surface area is 176 Å². The lowest BCUT2D eigenvalue weighted by molar-refractivity contribution is -0.115. The monoisotopic (exact) mass is 406 g/mol. The fourth-order valence-electron chi connectivity index (χ4n) is 2.92. The van der Waals surface area contributed by atoms with Crippen LogP contribution in [0.4, 0.5) is 11.4 Å². The molecule has 2 aromatic carbocycles. The highest BCUT2D eigenvalue weighted by Crippen LogP contribution is 2.10. The van der Waals surface area contributed by atoms with E-state index in [-0.39, 0.29) is 11.8 Å². The van der Waals surface area contributed by atoms with Gasteiger partial charge in [-0.3, -0.25) is 19.6 Å². The number of rotatable bonds is 6. The molecule has 1 fully saturated rings. The molecule has 1 heterocycles. The van der Waals surface area contributed by atoms with Crippen LogP contribution in [-0.4, -0.2) is 60.4 Å². The molecule has 2 N–H and O–H groups in total. The normalized spacial score (nSPS) is 14.3. The molecule has 1 aliphatic heterocycles. The van der Waals surface area contributed by atoms with Crippen molar-refractivity contribution < 1.29 is 9.59 Å². The number of piperazine rings is 1. The Balaban J connectivity index is 1.45. The van der Waals surface area contributed by atoms with Crippen molar-refractivity contribution in [3.05, 3.63) is 59.7 Å². The zero-order chi connectivity index (χ0) is 21.3. The van der Waals surface area contributed by atoms with Gasteiger partial charge in [-0.2, -0.15) is 10.2 Å². The molecule has 0 atom stereocenters. The van der Waals surface area contributed by atoms with Crippen LogP contribution in [-0.2, 0) is 9.59 Å². The van der Waals surface area contributed by atoms with E-state index in [1.807, 2.05) is 71.0 Å². The standard InChI is InChI=1S/C22H26N6O2/c1-17(29)25-21-7-3-19(4-8-21)15-23-27-11-13-28(14-12-27)24-16-20-5-9-22(10-6-20)26-18(2)30/h3-10,15-16H,11-14H2,1-2H3,(H,25,29)(H,26,30). The predicted octanol–water partition coefficient (Wildman–Crippen LogP) is 2.59. The zero-order valence-corrected chi connectivity index (χ0v) is 17.2. The highest BCUT2D eigenvalue weighted by Gasteiger charge is 2.13. The van der Waals surface area contributed by atoms with Crippen molar-refractivity contribution in [2.24, 2.45) is 10.2 Å². The quantitative estimate of drug-likeness (QED) is 0.722. The molecule has 0 aromatic heterocycles. The van der Waals surface area contributed by atoms with Gasteiger partial charge in [-0.25, -0.2) is 0 Å². The van der Waals surface area contributed by atoms with Crippen LogP contribution in [0.5, 0.6) is 0 Å². The minimum absolute atomic E-state index is 0.0843. The Morgan fingerprint density at radius 2 is 1.03 bits per heavy atom. The Morgan fingerprint density at radius 3 is 1.33 bits per heavy atom. The van der Waals surface area contributed by atoms with Crippen molar-refractivity contribution in [3.63, 3.8) is 0 Å². The van der Waals surface area contributed by atoms with Crippen LogP contribution in [0.25, 0.3) is 0 Å². The van der Waals surface area contributed by atoms with Crippen molar-refractivity contribution >= 4 is 35.6 Å². The highest BCUT2D eigenvalue weighted by molar-refractivity contribution is 5.90. The number of amides is 2. The number of hydrazone groups is 2. The Kier molecular flexibility index (Phi) is 7.15. The van der Waals surface area contributed by atoms with Gasteiger partial charge >= 0.3 is 0 Å². The van der Waals surface area contributed by atoms with Crippen LogP contribution in [0.2, 0.25) is 0 Å². The molecule has 0 saturated carbocycles. The van der Waals surface area contributed by atoms with Crippen LogP contribution in [0, 0.1) is 0 Å². The van der Waals surface area contributed by atoms with Crippen LogP contribution in [0.1, 0.15) is 25.0 Å². The largest absolute Gasteiger partial charge is 0.326 e. The molecule has 2 amide bonds. The molecule has 2 aromatic rings. The molecule has 8 heteroatoms. The molecule has 8 nitrogen and oxygen atoms in total. The first-order valence-electron chi connectivity index (χ1n) is 9.81. The minimum atomic E-state index is -0.0843. The van der Waals surface area contributed by atoms with Crippen LogP contribution in [0.3, 0.4) is 0 Å². The van der Waals surface area contributed by atoms with Crippen molar-refractivity contribution in [2.75, 3.05) is 36.8 Å². The first-order valence-corrected chi connectivity index (χ1v) is 9.81. The van der Waals surface area contributed by atoms with E-state index in [4.69, 9.17) is 0 Å². The first kappa shape index (κ1) is 21.0. The van der Waals surface area contributed by atoms with Gasteiger partial charge < -0.3 is 10.6 Å². The molecular formula is C22H26N6O2. The maximum Gasteiger partial charge on any atom is 0.221 e. The number of nitrogens with one attached hydrogen (secondary N) is 2.